The van der Waals surface area contributed by atoms with E-state index in [0.717, 1.165) is 76.4 Å². The molecule has 2 saturated heterocycles. The number of carbonyl (C=O) groups is 1. The van der Waals surface area contributed by atoms with Crippen molar-refractivity contribution < 1.29 is 14.6 Å². The molecule has 1 aliphatic carbocycles. The van der Waals surface area contributed by atoms with E-state index in [1.54, 1.807) is 11.3 Å². The molecule has 4 rings (SSSR count). The number of hydrogen-bond donors (Lipinski definition) is 1. The molecule has 1 aromatic rings. The van der Waals surface area contributed by atoms with Gasteiger partial charge in [-0.1, -0.05) is 0 Å². The summed E-state index contributed by atoms with van der Waals surface area (Å²) in [6.07, 6.45) is 6.48. The van der Waals surface area contributed by atoms with Gasteiger partial charge in [-0.2, -0.15) is 0 Å². The van der Waals surface area contributed by atoms with Crippen molar-refractivity contribution in [3.63, 3.8) is 0 Å². The molecule has 6 nitrogen and oxygen atoms in total. The molecule has 1 amide bonds. The fourth-order valence-electron chi connectivity index (χ4n) is 4.20. The van der Waals surface area contributed by atoms with Gasteiger partial charge >= 0.3 is 0 Å². The highest BCUT2D eigenvalue weighted by Crippen LogP contribution is 2.36. The maximum atomic E-state index is 12.5. The Morgan fingerprint density at radius 3 is 2.72 bits per heavy atom. The Morgan fingerprint density at radius 2 is 2.08 bits per heavy atom. The van der Waals surface area contributed by atoms with Gasteiger partial charge in [-0.25, -0.2) is 4.98 Å². The molecular weight excluding hydrogens is 338 g/mol. The van der Waals surface area contributed by atoms with Gasteiger partial charge < -0.3 is 14.7 Å². The Labute approximate surface area is 152 Å². The third-order valence-corrected chi connectivity index (χ3v) is 6.73. The SMILES string of the molecule is O=C(CC1(O)CCC1)N1CCC2(CC1)CN(Cc1nccs1)CCO2. The van der Waals surface area contributed by atoms with Crippen molar-refractivity contribution in [2.24, 2.45) is 0 Å². The minimum atomic E-state index is -0.724. The number of morpholine rings is 1. The molecule has 138 valence electrons. The summed E-state index contributed by atoms with van der Waals surface area (Å²) in [7, 11) is 0. The average molecular weight is 365 g/mol. The summed E-state index contributed by atoms with van der Waals surface area (Å²) in [5.41, 5.74) is -0.849. The zero-order valence-electron chi connectivity index (χ0n) is 14.7. The van der Waals surface area contributed by atoms with Gasteiger partial charge in [-0.15, -0.1) is 11.3 Å². The van der Waals surface area contributed by atoms with Gasteiger partial charge in [0, 0.05) is 37.8 Å². The number of nitrogens with zero attached hydrogens (tertiary/aromatic N) is 3. The van der Waals surface area contributed by atoms with Gasteiger partial charge in [0.15, 0.2) is 0 Å². The van der Waals surface area contributed by atoms with Gasteiger partial charge in [0.2, 0.25) is 5.91 Å². The highest BCUT2D eigenvalue weighted by molar-refractivity contribution is 7.09. The molecule has 0 radical (unpaired) electrons. The zero-order chi connectivity index (χ0) is 17.3. The Balaban J connectivity index is 1.30. The summed E-state index contributed by atoms with van der Waals surface area (Å²) in [6, 6.07) is 0. The van der Waals surface area contributed by atoms with Crippen LogP contribution < -0.4 is 0 Å². The number of thiazole rings is 1. The fourth-order valence-corrected chi connectivity index (χ4v) is 4.86. The normalized spacial score (nSPS) is 25.7. The van der Waals surface area contributed by atoms with Crippen LogP contribution in [-0.2, 0) is 16.1 Å². The molecular formula is C18H27N3O3S. The first-order valence-corrected chi connectivity index (χ1v) is 10.2. The number of likely N-dealkylation sites (tertiary alicyclic amines) is 1. The van der Waals surface area contributed by atoms with Crippen LogP contribution in [0.25, 0.3) is 0 Å². The number of hydrogen-bond acceptors (Lipinski definition) is 6. The lowest BCUT2D eigenvalue weighted by atomic mass is 9.77. The Kier molecular flexibility index (Phi) is 4.83. The van der Waals surface area contributed by atoms with Crippen LogP contribution in [0.1, 0.15) is 43.5 Å². The van der Waals surface area contributed by atoms with E-state index in [-0.39, 0.29) is 17.9 Å². The minimum Gasteiger partial charge on any atom is -0.389 e. The van der Waals surface area contributed by atoms with Crippen molar-refractivity contribution in [2.45, 2.75) is 56.3 Å². The van der Waals surface area contributed by atoms with E-state index in [9.17, 15) is 9.90 Å². The Morgan fingerprint density at radius 1 is 1.28 bits per heavy atom. The molecule has 0 unspecified atom stereocenters. The van der Waals surface area contributed by atoms with Crippen LogP contribution in [0, 0.1) is 0 Å². The molecule has 7 heteroatoms. The molecule has 1 N–H and O–H groups in total. The summed E-state index contributed by atoms with van der Waals surface area (Å²) < 4.78 is 6.17. The molecule has 0 atom stereocenters. The van der Waals surface area contributed by atoms with Crippen molar-refractivity contribution in [2.75, 3.05) is 32.8 Å². The van der Waals surface area contributed by atoms with Crippen molar-refractivity contribution in [1.29, 1.82) is 0 Å². The quantitative estimate of drug-likeness (QED) is 0.879. The smallest absolute Gasteiger partial charge is 0.225 e. The van der Waals surface area contributed by atoms with Gasteiger partial charge in [0.05, 0.1) is 30.8 Å². The van der Waals surface area contributed by atoms with Gasteiger partial charge in [0.25, 0.3) is 0 Å². The number of aliphatic hydroxyl groups is 1. The second-order valence-corrected chi connectivity index (χ2v) is 8.78. The number of rotatable bonds is 4. The van der Waals surface area contributed by atoms with Crippen molar-refractivity contribution in [3.05, 3.63) is 16.6 Å². The highest BCUT2D eigenvalue weighted by atomic mass is 32.1. The van der Waals surface area contributed by atoms with Gasteiger partial charge in [-0.05, 0) is 32.1 Å². The molecule has 2 aliphatic heterocycles. The van der Waals surface area contributed by atoms with E-state index in [2.05, 4.69) is 9.88 Å². The minimum absolute atomic E-state index is 0.104. The van der Waals surface area contributed by atoms with E-state index < -0.39 is 5.60 Å². The third kappa shape index (κ3) is 3.89. The van der Waals surface area contributed by atoms with E-state index in [4.69, 9.17) is 4.74 Å². The first kappa shape index (κ1) is 17.4. The summed E-state index contributed by atoms with van der Waals surface area (Å²) >= 11 is 1.70. The summed E-state index contributed by atoms with van der Waals surface area (Å²) in [6.45, 7) is 4.97. The molecule has 25 heavy (non-hydrogen) atoms. The lowest BCUT2D eigenvalue weighted by molar-refractivity contribution is -0.156. The molecule has 1 saturated carbocycles. The third-order valence-electron chi connectivity index (χ3n) is 5.96. The van der Waals surface area contributed by atoms with Crippen LogP contribution in [-0.4, -0.2) is 69.8 Å². The number of carbonyl (C=O) groups excluding carboxylic acids is 1. The average Bonchev–Trinajstić information content (AvgIpc) is 3.07. The van der Waals surface area contributed by atoms with Crippen LogP contribution in [0.15, 0.2) is 11.6 Å². The first-order chi connectivity index (χ1) is 12.1. The fraction of sp³-hybridized carbons (Fsp3) is 0.778. The van der Waals surface area contributed by atoms with Gasteiger partial charge in [-0.3, -0.25) is 9.69 Å². The summed E-state index contributed by atoms with van der Waals surface area (Å²) in [5.74, 6) is 0.104. The number of aromatic nitrogens is 1. The van der Waals surface area contributed by atoms with E-state index >= 15 is 0 Å². The lowest BCUT2D eigenvalue weighted by Gasteiger charge is -2.47. The second-order valence-electron chi connectivity index (χ2n) is 7.80. The molecule has 1 aromatic heterocycles. The zero-order valence-corrected chi connectivity index (χ0v) is 15.5. The van der Waals surface area contributed by atoms with E-state index in [1.165, 1.54) is 0 Å². The van der Waals surface area contributed by atoms with E-state index in [1.807, 2.05) is 16.5 Å². The lowest BCUT2D eigenvalue weighted by Crippen LogP contribution is -2.57. The molecule has 3 aliphatic rings. The van der Waals surface area contributed by atoms with Crippen LogP contribution in [0.5, 0.6) is 0 Å². The second kappa shape index (κ2) is 6.95. The van der Waals surface area contributed by atoms with Crippen LogP contribution >= 0.6 is 11.3 Å². The van der Waals surface area contributed by atoms with E-state index in [0.29, 0.717) is 0 Å². The predicted molar refractivity (Wildman–Crippen MR) is 95.3 cm³/mol. The Bertz CT molecular complexity index is 595. The standard InChI is InChI=1S/C18H27N3O3S/c22-16(12-17(23)2-1-3-17)21-7-4-18(5-8-21)14-20(9-10-24-18)13-15-19-6-11-25-15/h6,11,23H,1-5,7-10,12-14H2. The summed E-state index contributed by atoms with van der Waals surface area (Å²) in [5, 5.41) is 13.4. The monoisotopic (exact) mass is 365 g/mol. The van der Waals surface area contributed by atoms with Crippen LogP contribution in [0.3, 0.4) is 0 Å². The van der Waals surface area contributed by atoms with Crippen molar-refractivity contribution in [3.8, 4) is 0 Å². The highest BCUT2D eigenvalue weighted by Gasteiger charge is 2.42. The van der Waals surface area contributed by atoms with Gasteiger partial charge in [0.1, 0.15) is 5.01 Å². The largest absolute Gasteiger partial charge is 0.389 e. The number of ether oxygens (including phenoxy) is 1. The molecule has 0 bridgehead atoms. The number of amides is 1. The predicted octanol–water partition coefficient (Wildman–Crippen LogP) is 1.64. The summed E-state index contributed by atoms with van der Waals surface area (Å²) in [4.78, 5) is 21.2. The maximum Gasteiger partial charge on any atom is 0.225 e. The van der Waals surface area contributed by atoms with Crippen LogP contribution in [0.4, 0.5) is 0 Å². The number of piperidine rings is 1. The topological polar surface area (TPSA) is 65.9 Å². The molecule has 1 spiro atoms. The molecule has 3 fully saturated rings. The van der Waals surface area contributed by atoms with Crippen LogP contribution in [0.2, 0.25) is 0 Å². The van der Waals surface area contributed by atoms with Crippen molar-refractivity contribution >= 4 is 17.2 Å². The maximum absolute atomic E-state index is 12.5. The Hall–Kier alpha value is -1.02. The first-order valence-electron chi connectivity index (χ1n) is 9.31. The molecule has 0 aromatic carbocycles. The van der Waals surface area contributed by atoms with Crippen molar-refractivity contribution in [1.82, 2.24) is 14.8 Å². The molecule has 3 heterocycles.